The van der Waals surface area contributed by atoms with E-state index in [-0.39, 0.29) is 5.82 Å². The molecule has 1 atom stereocenters. The Labute approximate surface area is 185 Å². The molecule has 0 aliphatic heterocycles. The van der Waals surface area contributed by atoms with Crippen LogP contribution in [-0.2, 0) is 13.1 Å². The Morgan fingerprint density at radius 3 is 2.55 bits per heavy atom. The van der Waals surface area contributed by atoms with Gasteiger partial charge in [0.15, 0.2) is 0 Å². The van der Waals surface area contributed by atoms with Gasteiger partial charge in [-0.15, -0.1) is 0 Å². The highest BCUT2D eigenvalue weighted by Crippen LogP contribution is 2.26. The Balaban J connectivity index is 1.48. The van der Waals surface area contributed by atoms with E-state index in [2.05, 4.69) is 27.8 Å². The van der Waals surface area contributed by atoms with Gasteiger partial charge < -0.3 is 9.67 Å². The van der Waals surface area contributed by atoms with Crippen molar-refractivity contribution in [2.75, 3.05) is 13.1 Å². The molecule has 0 saturated heterocycles. The lowest BCUT2D eigenvalue weighted by atomic mass is 9.89. The predicted octanol–water partition coefficient (Wildman–Crippen LogP) is 5.79. The SMILES string of the molecule is OC(CN(Cc1cccn1Cc1cccc(F)c1)CC1CCCCC1)c1ccccc1. The Hall–Kier alpha value is -2.43. The molecule has 1 heterocycles. The van der Waals surface area contributed by atoms with Crippen LogP contribution in [-0.4, -0.2) is 27.7 Å². The summed E-state index contributed by atoms with van der Waals surface area (Å²) in [6.07, 6.45) is 8.10. The summed E-state index contributed by atoms with van der Waals surface area (Å²) in [6, 6.07) is 20.9. The zero-order valence-corrected chi connectivity index (χ0v) is 18.2. The monoisotopic (exact) mass is 420 g/mol. The van der Waals surface area contributed by atoms with Crippen molar-refractivity contribution in [3.63, 3.8) is 0 Å². The van der Waals surface area contributed by atoms with Gasteiger partial charge in [0.25, 0.3) is 0 Å². The summed E-state index contributed by atoms with van der Waals surface area (Å²) in [6.45, 7) is 3.06. The van der Waals surface area contributed by atoms with Crippen LogP contribution in [0.15, 0.2) is 72.9 Å². The van der Waals surface area contributed by atoms with Gasteiger partial charge in [0.05, 0.1) is 6.10 Å². The van der Waals surface area contributed by atoms with Crippen molar-refractivity contribution in [3.05, 3.63) is 95.6 Å². The molecular formula is C27H33FN2O. The molecule has 1 saturated carbocycles. The summed E-state index contributed by atoms with van der Waals surface area (Å²) < 4.78 is 15.8. The third-order valence-electron chi connectivity index (χ3n) is 6.41. The Morgan fingerprint density at radius 1 is 0.968 bits per heavy atom. The molecule has 1 N–H and O–H groups in total. The van der Waals surface area contributed by atoms with Crippen molar-refractivity contribution in [2.45, 2.75) is 51.3 Å². The Bertz CT molecular complexity index is 933. The third kappa shape index (κ3) is 6.28. The van der Waals surface area contributed by atoms with Gasteiger partial charge in [-0.25, -0.2) is 4.39 Å². The summed E-state index contributed by atoms with van der Waals surface area (Å²) in [5.74, 6) is 0.500. The van der Waals surface area contributed by atoms with E-state index in [1.807, 2.05) is 36.4 Å². The van der Waals surface area contributed by atoms with Gasteiger partial charge in [0.1, 0.15) is 5.82 Å². The Kier molecular flexibility index (Phi) is 7.55. The fraction of sp³-hybridized carbons (Fsp3) is 0.407. The number of aliphatic hydroxyl groups is 1. The molecule has 4 heteroatoms. The van der Waals surface area contributed by atoms with Gasteiger partial charge in [0, 0.05) is 38.1 Å². The predicted molar refractivity (Wildman–Crippen MR) is 123 cm³/mol. The zero-order chi connectivity index (χ0) is 21.5. The average Bonchev–Trinajstić information content (AvgIpc) is 3.21. The molecule has 3 nitrogen and oxygen atoms in total. The van der Waals surface area contributed by atoms with E-state index in [0.29, 0.717) is 19.0 Å². The van der Waals surface area contributed by atoms with Crippen LogP contribution in [0.5, 0.6) is 0 Å². The highest BCUT2D eigenvalue weighted by atomic mass is 19.1. The smallest absolute Gasteiger partial charge is 0.123 e. The van der Waals surface area contributed by atoms with Crippen molar-refractivity contribution in [1.29, 1.82) is 0 Å². The summed E-state index contributed by atoms with van der Waals surface area (Å²) in [4.78, 5) is 2.41. The molecule has 1 aliphatic rings. The van der Waals surface area contributed by atoms with Gasteiger partial charge in [-0.2, -0.15) is 0 Å². The first-order valence-corrected chi connectivity index (χ1v) is 11.5. The van der Waals surface area contributed by atoms with Crippen LogP contribution in [0.4, 0.5) is 4.39 Å². The minimum atomic E-state index is -0.503. The van der Waals surface area contributed by atoms with Gasteiger partial charge in [-0.05, 0) is 54.2 Å². The van der Waals surface area contributed by atoms with Crippen molar-refractivity contribution in [1.82, 2.24) is 9.47 Å². The molecule has 164 valence electrons. The van der Waals surface area contributed by atoms with Crippen molar-refractivity contribution in [3.8, 4) is 0 Å². The van der Waals surface area contributed by atoms with Crippen LogP contribution < -0.4 is 0 Å². The maximum atomic E-state index is 13.6. The lowest BCUT2D eigenvalue weighted by Crippen LogP contribution is -2.34. The minimum Gasteiger partial charge on any atom is -0.387 e. The summed E-state index contributed by atoms with van der Waals surface area (Å²) in [7, 11) is 0. The van der Waals surface area contributed by atoms with Gasteiger partial charge in [0.2, 0.25) is 0 Å². The molecule has 31 heavy (non-hydrogen) atoms. The van der Waals surface area contributed by atoms with E-state index in [1.165, 1.54) is 43.9 Å². The van der Waals surface area contributed by atoms with Gasteiger partial charge in [-0.3, -0.25) is 4.90 Å². The molecule has 0 radical (unpaired) electrons. The lowest BCUT2D eigenvalue weighted by Gasteiger charge is -2.31. The minimum absolute atomic E-state index is 0.198. The second kappa shape index (κ2) is 10.7. The lowest BCUT2D eigenvalue weighted by molar-refractivity contribution is 0.0914. The first-order chi connectivity index (χ1) is 15.2. The molecule has 0 bridgehead atoms. The number of halogens is 1. The fourth-order valence-corrected chi connectivity index (χ4v) is 4.77. The van der Waals surface area contributed by atoms with E-state index < -0.39 is 6.10 Å². The second-order valence-corrected chi connectivity index (χ2v) is 8.88. The largest absolute Gasteiger partial charge is 0.387 e. The number of nitrogens with zero attached hydrogens (tertiary/aromatic N) is 2. The Morgan fingerprint density at radius 2 is 1.77 bits per heavy atom. The van der Waals surface area contributed by atoms with Crippen molar-refractivity contribution in [2.24, 2.45) is 5.92 Å². The van der Waals surface area contributed by atoms with E-state index in [4.69, 9.17) is 0 Å². The van der Waals surface area contributed by atoms with Crippen LogP contribution >= 0.6 is 0 Å². The maximum Gasteiger partial charge on any atom is 0.123 e. The van der Waals surface area contributed by atoms with Crippen molar-refractivity contribution >= 4 is 0 Å². The van der Waals surface area contributed by atoms with Crippen LogP contribution in [0.3, 0.4) is 0 Å². The quantitative estimate of drug-likeness (QED) is 0.474. The van der Waals surface area contributed by atoms with E-state index >= 15 is 0 Å². The zero-order valence-electron chi connectivity index (χ0n) is 18.2. The number of rotatable bonds is 9. The molecule has 1 aromatic heterocycles. The standard InChI is InChI=1S/C27H33FN2O/c28-25-14-7-11-23(17-25)19-30-16-8-15-26(30)20-29(18-22-9-3-1-4-10-22)21-27(31)24-12-5-2-6-13-24/h2,5-8,11-17,22,27,31H,1,3-4,9-10,18-21H2. The van der Waals surface area contributed by atoms with Gasteiger partial charge in [-0.1, -0.05) is 61.7 Å². The third-order valence-corrected chi connectivity index (χ3v) is 6.41. The molecule has 1 unspecified atom stereocenters. The molecule has 1 aliphatic carbocycles. The molecule has 1 fully saturated rings. The molecular weight excluding hydrogens is 387 g/mol. The first-order valence-electron chi connectivity index (χ1n) is 11.5. The van der Waals surface area contributed by atoms with E-state index in [9.17, 15) is 9.50 Å². The summed E-state index contributed by atoms with van der Waals surface area (Å²) >= 11 is 0. The second-order valence-electron chi connectivity index (χ2n) is 8.88. The average molecular weight is 421 g/mol. The number of hydrogen-bond acceptors (Lipinski definition) is 2. The molecule has 0 amide bonds. The van der Waals surface area contributed by atoms with Crippen LogP contribution in [0, 0.1) is 11.7 Å². The van der Waals surface area contributed by atoms with Crippen LogP contribution in [0.1, 0.15) is 55.0 Å². The summed E-state index contributed by atoms with van der Waals surface area (Å²) in [5.41, 5.74) is 3.12. The number of hydrogen-bond donors (Lipinski definition) is 1. The number of aromatic nitrogens is 1. The van der Waals surface area contributed by atoms with E-state index in [1.54, 1.807) is 12.1 Å². The molecule has 4 rings (SSSR count). The van der Waals surface area contributed by atoms with Crippen LogP contribution in [0.25, 0.3) is 0 Å². The topological polar surface area (TPSA) is 28.4 Å². The molecule has 3 aromatic rings. The molecule has 2 aromatic carbocycles. The van der Waals surface area contributed by atoms with Crippen LogP contribution in [0.2, 0.25) is 0 Å². The first kappa shape index (κ1) is 21.8. The molecule has 0 spiro atoms. The highest BCUT2D eigenvalue weighted by Gasteiger charge is 2.21. The summed E-state index contributed by atoms with van der Waals surface area (Å²) in [5, 5.41) is 10.9. The number of benzene rings is 2. The van der Waals surface area contributed by atoms with E-state index in [0.717, 1.165) is 24.2 Å². The fourth-order valence-electron chi connectivity index (χ4n) is 4.77. The normalized spacial score (nSPS) is 16.0. The van der Waals surface area contributed by atoms with Gasteiger partial charge >= 0.3 is 0 Å². The van der Waals surface area contributed by atoms with Crippen molar-refractivity contribution < 1.29 is 9.50 Å². The number of aliphatic hydroxyl groups excluding tert-OH is 1. The maximum absolute atomic E-state index is 13.6. The highest BCUT2D eigenvalue weighted by molar-refractivity contribution is 5.20.